The summed E-state index contributed by atoms with van der Waals surface area (Å²) in [6.07, 6.45) is -0.933. The molecule has 3 heterocycles. The minimum atomic E-state index is -4.63. The van der Waals surface area contributed by atoms with Crippen molar-refractivity contribution in [3.63, 3.8) is 0 Å². The number of carbonyl (C=O) groups is 1. The lowest BCUT2D eigenvalue weighted by Gasteiger charge is -2.43. The van der Waals surface area contributed by atoms with Crippen LogP contribution in [0.5, 0.6) is 5.75 Å². The molecule has 260 valence electrons. The summed E-state index contributed by atoms with van der Waals surface area (Å²) in [5, 5.41) is 0. The summed E-state index contributed by atoms with van der Waals surface area (Å²) in [7, 11) is 1.39. The Bertz CT molecular complexity index is 1440. The first-order chi connectivity index (χ1) is 21.0. The molecule has 47 heavy (non-hydrogen) atoms. The number of nitrogens with zero attached hydrogens (tertiary/aromatic N) is 4. The smallest absolute Gasteiger partial charge is 0.416 e. The van der Waals surface area contributed by atoms with Crippen LogP contribution in [0.25, 0.3) is 11.1 Å². The van der Waals surface area contributed by atoms with Crippen LogP contribution >= 0.6 is 37.2 Å². The quantitative estimate of drug-likeness (QED) is 0.243. The zero-order valence-electron chi connectivity index (χ0n) is 26.4. The second-order valence-electron chi connectivity index (χ2n) is 11.7. The number of piperazine rings is 1. The minimum absolute atomic E-state index is 0. The van der Waals surface area contributed by atoms with E-state index in [0.717, 1.165) is 43.9 Å². The van der Waals surface area contributed by atoms with Gasteiger partial charge in [-0.05, 0) is 79.4 Å². The van der Waals surface area contributed by atoms with Crippen molar-refractivity contribution in [3.05, 3.63) is 83.4 Å². The fourth-order valence-electron chi connectivity index (χ4n) is 6.21. The Labute approximate surface area is 291 Å². The molecule has 5 rings (SSSR count). The van der Waals surface area contributed by atoms with Crippen molar-refractivity contribution in [2.45, 2.75) is 44.7 Å². The number of ether oxygens (including phenoxy) is 2. The molecule has 2 aliphatic heterocycles. The van der Waals surface area contributed by atoms with Gasteiger partial charge in [-0.25, -0.2) is 4.39 Å². The Kier molecular flexibility index (Phi) is 15.2. The molecule has 2 aliphatic rings. The number of morpholine rings is 1. The summed E-state index contributed by atoms with van der Waals surface area (Å²) in [5.74, 6) is -0.861. The molecule has 2 aromatic carbocycles. The molecule has 0 spiro atoms. The van der Waals surface area contributed by atoms with E-state index >= 15 is 0 Å². The molecule has 0 radical (unpaired) electrons. The maximum absolute atomic E-state index is 14.2. The molecule has 14 heteroatoms. The fourth-order valence-corrected chi connectivity index (χ4v) is 6.21. The van der Waals surface area contributed by atoms with Gasteiger partial charge in [0.15, 0.2) is 11.6 Å². The predicted molar refractivity (Wildman–Crippen MR) is 181 cm³/mol. The highest BCUT2D eigenvalue weighted by Gasteiger charge is 2.35. The summed E-state index contributed by atoms with van der Waals surface area (Å²) >= 11 is 0. The van der Waals surface area contributed by atoms with E-state index in [2.05, 4.69) is 28.6 Å². The van der Waals surface area contributed by atoms with Crippen LogP contribution in [0, 0.1) is 5.82 Å². The summed E-state index contributed by atoms with van der Waals surface area (Å²) in [6.45, 7) is 8.89. The maximum Gasteiger partial charge on any atom is 0.416 e. The molecule has 0 bridgehead atoms. The third kappa shape index (κ3) is 10.4. The number of hydrogen-bond donors (Lipinski definition) is 0. The molecule has 1 aromatic heterocycles. The van der Waals surface area contributed by atoms with Crippen molar-refractivity contribution in [3.8, 4) is 16.9 Å². The van der Waals surface area contributed by atoms with E-state index in [1.165, 1.54) is 31.6 Å². The molecule has 0 saturated carbocycles. The largest absolute Gasteiger partial charge is 0.494 e. The van der Waals surface area contributed by atoms with Crippen LogP contribution in [-0.4, -0.2) is 96.8 Å². The molecule has 7 nitrogen and oxygen atoms in total. The fraction of sp³-hybridized carbons (Fsp3) is 0.455. The van der Waals surface area contributed by atoms with Crippen LogP contribution in [0.1, 0.15) is 35.3 Å². The van der Waals surface area contributed by atoms with Crippen LogP contribution in [0.2, 0.25) is 0 Å². The van der Waals surface area contributed by atoms with Crippen molar-refractivity contribution in [2.24, 2.45) is 0 Å². The van der Waals surface area contributed by atoms with E-state index in [1.807, 2.05) is 0 Å². The molecule has 1 amide bonds. The standard InChI is InChI=1S/C33H38F4N4O3.3ClH/c1-22-19-40(20-23(2)44-22)11-10-39-12-13-41(29(21-39)14-24-4-5-30(34)31(15-24)43-3)32(42)27-16-26(25-6-8-38-9-7-25)17-28(18-27)33(35,36)37;;;/h4-9,15-18,22-23,29H,10-14,19-21H2,1-3H3;3*1H/t22-,23+,29-;;;/m1.../s1. The van der Waals surface area contributed by atoms with E-state index in [-0.39, 0.29) is 72.3 Å². The Balaban J connectivity index is 0.00000256. The van der Waals surface area contributed by atoms with Crippen LogP contribution in [0.4, 0.5) is 17.6 Å². The van der Waals surface area contributed by atoms with E-state index in [9.17, 15) is 22.4 Å². The predicted octanol–water partition coefficient (Wildman–Crippen LogP) is 6.66. The molecular weight excluding hydrogens is 683 g/mol. The summed E-state index contributed by atoms with van der Waals surface area (Å²) in [5.41, 5.74) is 0.676. The van der Waals surface area contributed by atoms with E-state index in [0.29, 0.717) is 31.6 Å². The van der Waals surface area contributed by atoms with Gasteiger partial charge in [-0.2, -0.15) is 13.2 Å². The SMILES string of the molecule is COc1cc(C[C@@H]2CN(CCN3C[C@@H](C)O[C@@H](C)C3)CCN2C(=O)c2cc(-c3ccncc3)cc(C(F)(F)F)c2)ccc1F.Cl.Cl.Cl. The van der Waals surface area contributed by atoms with Gasteiger partial charge >= 0.3 is 6.18 Å². The van der Waals surface area contributed by atoms with Crippen molar-refractivity contribution in [2.75, 3.05) is 52.9 Å². The monoisotopic (exact) mass is 722 g/mol. The zero-order valence-corrected chi connectivity index (χ0v) is 28.9. The Hall–Kier alpha value is -2.67. The molecule has 0 aliphatic carbocycles. The maximum atomic E-state index is 14.2. The summed E-state index contributed by atoms with van der Waals surface area (Å²) in [6, 6.07) is 11.0. The first-order valence-electron chi connectivity index (χ1n) is 14.9. The Morgan fingerprint density at radius 2 is 1.55 bits per heavy atom. The lowest BCUT2D eigenvalue weighted by molar-refractivity contribution is -0.137. The van der Waals surface area contributed by atoms with Crippen molar-refractivity contribution >= 4 is 43.1 Å². The molecule has 0 N–H and O–H groups in total. The highest BCUT2D eigenvalue weighted by molar-refractivity contribution is 5.96. The van der Waals surface area contributed by atoms with Gasteiger partial charge in [-0.3, -0.25) is 19.6 Å². The average molecular weight is 724 g/mol. The van der Waals surface area contributed by atoms with E-state index in [1.54, 1.807) is 29.2 Å². The number of rotatable bonds is 8. The highest BCUT2D eigenvalue weighted by atomic mass is 35.5. The third-order valence-corrected chi connectivity index (χ3v) is 8.26. The van der Waals surface area contributed by atoms with Gasteiger partial charge in [0.2, 0.25) is 0 Å². The second kappa shape index (κ2) is 17.6. The van der Waals surface area contributed by atoms with Gasteiger partial charge in [0.1, 0.15) is 0 Å². The number of pyridine rings is 1. The molecule has 2 saturated heterocycles. The average Bonchev–Trinajstić information content (AvgIpc) is 3.00. The van der Waals surface area contributed by atoms with Gasteiger partial charge in [0.05, 0.1) is 24.9 Å². The van der Waals surface area contributed by atoms with Crippen molar-refractivity contribution in [1.29, 1.82) is 0 Å². The van der Waals surface area contributed by atoms with Crippen LogP contribution in [-0.2, 0) is 17.3 Å². The van der Waals surface area contributed by atoms with Crippen molar-refractivity contribution in [1.82, 2.24) is 19.7 Å². The number of alkyl halides is 3. The summed E-state index contributed by atoms with van der Waals surface area (Å²) < 4.78 is 67.1. The van der Waals surface area contributed by atoms with Gasteiger partial charge < -0.3 is 14.4 Å². The number of benzene rings is 2. The zero-order chi connectivity index (χ0) is 31.4. The third-order valence-electron chi connectivity index (χ3n) is 8.26. The van der Waals surface area contributed by atoms with E-state index < -0.39 is 23.5 Å². The molecule has 0 unspecified atom stereocenters. The van der Waals surface area contributed by atoms with Crippen molar-refractivity contribution < 1.29 is 31.8 Å². The number of hydrogen-bond acceptors (Lipinski definition) is 6. The number of amides is 1. The highest BCUT2D eigenvalue weighted by Crippen LogP contribution is 2.34. The number of halogens is 7. The van der Waals surface area contributed by atoms with Crippen LogP contribution < -0.4 is 4.74 Å². The van der Waals surface area contributed by atoms with E-state index in [4.69, 9.17) is 9.47 Å². The van der Waals surface area contributed by atoms with Gasteiger partial charge in [-0.15, -0.1) is 37.2 Å². The number of methoxy groups -OCH3 is 1. The molecule has 3 atom stereocenters. The Morgan fingerprint density at radius 3 is 2.19 bits per heavy atom. The lowest BCUT2D eigenvalue weighted by Crippen LogP contribution is -2.57. The molecule has 3 aromatic rings. The minimum Gasteiger partial charge on any atom is -0.494 e. The normalized spacial score (nSPS) is 20.4. The first-order valence-corrected chi connectivity index (χ1v) is 14.9. The lowest BCUT2D eigenvalue weighted by atomic mass is 9.97. The summed E-state index contributed by atoms with van der Waals surface area (Å²) in [4.78, 5) is 24.3. The number of aromatic nitrogens is 1. The first kappa shape index (κ1) is 40.5. The molecular formula is C33H41Cl3F4N4O3. The van der Waals surface area contributed by atoms with Gasteiger partial charge in [0, 0.05) is 69.8 Å². The van der Waals surface area contributed by atoms with Gasteiger partial charge in [-0.1, -0.05) is 6.07 Å². The molecule has 2 fully saturated rings. The van der Waals surface area contributed by atoms with Crippen LogP contribution in [0.15, 0.2) is 60.9 Å². The topological polar surface area (TPSA) is 58.1 Å². The van der Waals surface area contributed by atoms with Crippen LogP contribution in [0.3, 0.4) is 0 Å². The van der Waals surface area contributed by atoms with Gasteiger partial charge in [0.25, 0.3) is 5.91 Å². The second-order valence-corrected chi connectivity index (χ2v) is 11.7. The number of carbonyl (C=O) groups excluding carboxylic acids is 1. The Morgan fingerprint density at radius 1 is 0.894 bits per heavy atom.